The number of hydrogen-bond donors (Lipinski definition) is 3. The molecule has 0 aromatic heterocycles. The molecule has 0 aliphatic heterocycles. The molecule has 7 nitrogen and oxygen atoms in total. The smallest absolute Gasteiger partial charge is 0.205 e. The fourth-order valence-corrected chi connectivity index (χ4v) is 1.28. The third-order valence-corrected chi connectivity index (χ3v) is 2.38. The molecule has 0 atom stereocenters. The van der Waals surface area contributed by atoms with Gasteiger partial charge in [0.2, 0.25) is 5.96 Å². The average Bonchev–Trinajstić information content (AvgIpc) is 2.39. The monoisotopic (exact) mass is 261 g/mol. The van der Waals surface area contributed by atoms with Crippen LogP contribution in [0.2, 0.25) is 0 Å². The number of guanidine groups is 1. The maximum Gasteiger partial charge on any atom is 0.205 e. The first-order chi connectivity index (χ1) is 8.74. The number of rotatable bonds is 10. The fraction of sp³-hybridized carbons (Fsp3) is 0.909. The minimum absolute atomic E-state index is 0.617. The second-order valence-corrected chi connectivity index (χ2v) is 3.94. The van der Waals surface area contributed by atoms with Gasteiger partial charge in [-0.25, -0.2) is 5.84 Å². The van der Waals surface area contributed by atoms with Crippen LogP contribution < -0.4 is 16.6 Å². The van der Waals surface area contributed by atoms with E-state index >= 15 is 0 Å². The van der Waals surface area contributed by atoms with Crippen LogP contribution in [0.25, 0.3) is 0 Å². The Morgan fingerprint density at radius 1 is 1.22 bits per heavy atom. The Morgan fingerprint density at radius 3 is 2.56 bits per heavy atom. The van der Waals surface area contributed by atoms with Gasteiger partial charge in [-0.05, 0) is 13.5 Å². The standard InChI is InChI=1S/C11H27N5O2/c1-16(8-10-18-3)7-6-14-11(15-12)13-5-4-9-17-2/h4-10,12H2,1-3H3,(H2,13,14,15). The lowest BCUT2D eigenvalue weighted by atomic mass is 10.4. The summed E-state index contributed by atoms with van der Waals surface area (Å²) in [5, 5.41) is 3.14. The van der Waals surface area contributed by atoms with Gasteiger partial charge in [-0.2, -0.15) is 0 Å². The molecule has 0 heterocycles. The van der Waals surface area contributed by atoms with Crippen molar-refractivity contribution in [2.45, 2.75) is 6.42 Å². The van der Waals surface area contributed by atoms with Crippen molar-refractivity contribution in [1.82, 2.24) is 15.6 Å². The number of nitrogens with zero attached hydrogens (tertiary/aromatic N) is 2. The third kappa shape index (κ3) is 10.3. The highest BCUT2D eigenvalue weighted by atomic mass is 16.5. The number of hydrazine groups is 1. The van der Waals surface area contributed by atoms with E-state index in [1.165, 1.54) is 0 Å². The van der Waals surface area contributed by atoms with E-state index in [0.717, 1.165) is 32.7 Å². The zero-order valence-corrected chi connectivity index (χ0v) is 11.7. The predicted octanol–water partition coefficient (Wildman–Crippen LogP) is -0.990. The van der Waals surface area contributed by atoms with Crippen LogP contribution in [0.3, 0.4) is 0 Å². The van der Waals surface area contributed by atoms with Crippen molar-refractivity contribution in [3.63, 3.8) is 0 Å². The van der Waals surface area contributed by atoms with Gasteiger partial charge in [0.25, 0.3) is 0 Å². The topological polar surface area (TPSA) is 84.1 Å². The van der Waals surface area contributed by atoms with Crippen LogP contribution in [0.4, 0.5) is 0 Å². The highest BCUT2D eigenvalue weighted by Crippen LogP contribution is 1.83. The molecule has 7 heteroatoms. The molecule has 18 heavy (non-hydrogen) atoms. The number of nitrogens with two attached hydrogens (primary N) is 1. The summed E-state index contributed by atoms with van der Waals surface area (Å²) in [6.45, 7) is 4.74. The summed E-state index contributed by atoms with van der Waals surface area (Å²) < 4.78 is 9.95. The first kappa shape index (κ1) is 17.1. The number of ether oxygens (including phenoxy) is 2. The molecule has 0 amide bonds. The lowest BCUT2D eigenvalue weighted by molar-refractivity contribution is 0.162. The molecule has 108 valence electrons. The van der Waals surface area contributed by atoms with Crippen LogP contribution in [0.5, 0.6) is 0 Å². The number of likely N-dealkylation sites (N-methyl/N-ethyl adjacent to an activating group) is 1. The molecule has 0 aliphatic rings. The molecule has 0 fully saturated rings. The molecule has 0 aliphatic carbocycles. The Morgan fingerprint density at radius 2 is 1.94 bits per heavy atom. The zero-order chi connectivity index (χ0) is 13.6. The van der Waals surface area contributed by atoms with Gasteiger partial charge < -0.3 is 19.7 Å². The van der Waals surface area contributed by atoms with Crippen molar-refractivity contribution in [2.24, 2.45) is 10.8 Å². The average molecular weight is 261 g/mol. The highest BCUT2D eigenvalue weighted by Gasteiger charge is 1.99. The minimum Gasteiger partial charge on any atom is -0.385 e. The van der Waals surface area contributed by atoms with Crippen molar-refractivity contribution in [3.8, 4) is 0 Å². The molecule has 0 unspecified atom stereocenters. The van der Waals surface area contributed by atoms with Gasteiger partial charge in [0.1, 0.15) is 0 Å². The first-order valence-electron chi connectivity index (χ1n) is 6.16. The normalized spacial score (nSPS) is 11.9. The summed E-state index contributed by atoms with van der Waals surface area (Å²) in [6.07, 6.45) is 0.886. The van der Waals surface area contributed by atoms with Gasteiger partial charge in [-0.3, -0.25) is 10.4 Å². The number of aliphatic imine (C=N–C) groups is 1. The van der Waals surface area contributed by atoms with E-state index in [1.807, 2.05) is 7.05 Å². The van der Waals surface area contributed by atoms with Crippen LogP contribution in [0.1, 0.15) is 6.42 Å². The van der Waals surface area contributed by atoms with E-state index in [4.69, 9.17) is 15.3 Å². The Labute approximate surface area is 110 Å². The molecule has 4 N–H and O–H groups in total. The second kappa shape index (κ2) is 12.6. The van der Waals surface area contributed by atoms with E-state index < -0.39 is 0 Å². The van der Waals surface area contributed by atoms with E-state index in [9.17, 15) is 0 Å². The molecule has 0 saturated carbocycles. The Bertz CT molecular complexity index is 214. The molecule has 0 rings (SSSR count). The van der Waals surface area contributed by atoms with E-state index in [1.54, 1.807) is 14.2 Å². The number of nitrogens with one attached hydrogen (secondary N) is 2. The summed E-state index contributed by atoms with van der Waals surface area (Å²) in [4.78, 5) is 6.46. The molecular weight excluding hydrogens is 234 g/mol. The highest BCUT2D eigenvalue weighted by molar-refractivity contribution is 5.79. The van der Waals surface area contributed by atoms with Crippen LogP contribution in [0.15, 0.2) is 4.99 Å². The number of methoxy groups -OCH3 is 2. The molecule has 0 radical (unpaired) electrons. The van der Waals surface area contributed by atoms with Gasteiger partial charge in [0.05, 0.1) is 6.61 Å². The quantitative estimate of drug-likeness (QED) is 0.154. The fourth-order valence-electron chi connectivity index (χ4n) is 1.28. The first-order valence-corrected chi connectivity index (χ1v) is 6.16. The maximum atomic E-state index is 5.38. The maximum absolute atomic E-state index is 5.38. The lowest BCUT2D eigenvalue weighted by Crippen LogP contribution is -2.44. The summed E-state index contributed by atoms with van der Waals surface area (Å²) in [6, 6.07) is 0. The Balaban J connectivity index is 3.65. The Hall–Kier alpha value is -0.890. The molecular formula is C11H27N5O2. The van der Waals surface area contributed by atoms with Crippen LogP contribution >= 0.6 is 0 Å². The number of hydrogen-bond acceptors (Lipinski definition) is 5. The predicted molar refractivity (Wildman–Crippen MR) is 73.5 cm³/mol. The molecule has 0 spiro atoms. The van der Waals surface area contributed by atoms with E-state index in [2.05, 4.69) is 20.6 Å². The van der Waals surface area contributed by atoms with Gasteiger partial charge in [0.15, 0.2) is 0 Å². The molecule has 0 aromatic rings. The van der Waals surface area contributed by atoms with Gasteiger partial charge in [-0.15, -0.1) is 0 Å². The van der Waals surface area contributed by atoms with Crippen molar-refractivity contribution in [2.75, 3.05) is 60.7 Å². The second-order valence-electron chi connectivity index (χ2n) is 3.94. The lowest BCUT2D eigenvalue weighted by Gasteiger charge is -2.17. The molecule has 0 aromatic carbocycles. The summed E-state index contributed by atoms with van der Waals surface area (Å²) in [7, 11) is 5.43. The molecule has 0 bridgehead atoms. The van der Waals surface area contributed by atoms with Crippen molar-refractivity contribution in [3.05, 3.63) is 0 Å². The third-order valence-electron chi connectivity index (χ3n) is 2.38. The van der Waals surface area contributed by atoms with Gasteiger partial charge in [-0.1, -0.05) is 0 Å². The van der Waals surface area contributed by atoms with Crippen LogP contribution in [-0.4, -0.2) is 71.5 Å². The van der Waals surface area contributed by atoms with Crippen molar-refractivity contribution in [1.29, 1.82) is 0 Å². The SMILES string of the molecule is COCCCN=C(NN)NCCN(C)CCOC. The van der Waals surface area contributed by atoms with E-state index in [-0.39, 0.29) is 0 Å². The Kier molecular flexibility index (Phi) is 11.9. The van der Waals surface area contributed by atoms with Gasteiger partial charge in [0, 0.05) is 47.0 Å². The van der Waals surface area contributed by atoms with Gasteiger partial charge >= 0.3 is 0 Å². The van der Waals surface area contributed by atoms with Crippen molar-refractivity contribution >= 4 is 5.96 Å². The zero-order valence-electron chi connectivity index (χ0n) is 11.7. The minimum atomic E-state index is 0.617. The van der Waals surface area contributed by atoms with Crippen LogP contribution in [0, 0.1) is 0 Å². The van der Waals surface area contributed by atoms with Crippen molar-refractivity contribution < 1.29 is 9.47 Å². The van der Waals surface area contributed by atoms with Crippen LogP contribution in [-0.2, 0) is 9.47 Å². The molecule has 0 saturated heterocycles. The summed E-state index contributed by atoms with van der Waals surface area (Å²) >= 11 is 0. The summed E-state index contributed by atoms with van der Waals surface area (Å²) in [5.74, 6) is 5.99. The largest absolute Gasteiger partial charge is 0.385 e. The summed E-state index contributed by atoms with van der Waals surface area (Å²) in [5.41, 5.74) is 2.55. The van der Waals surface area contributed by atoms with E-state index in [0.29, 0.717) is 19.1 Å².